The van der Waals surface area contributed by atoms with Crippen LogP contribution in [0.2, 0.25) is 0 Å². The lowest BCUT2D eigenvalue weighted by Crippen LogP contribution is -2.02. The van der Waals surface area contributed by atoms with Crippen molar-refractivity contribution in [1.82, 2.24) is 4.98 Å². The molecule has 0 saturated carbocycles. The van der Waals surface area contributed by atoms with Crippen LogP contribution < -0.4 is 14.2 Å². The van der Waals surface area contributed by atoms with Gasteiger partial charge in [0.2, 0.25) is 0 Å². The van der Waals surface area contributed by atoms with Crippen molar-refractivity contribution in [2.24, 2.45) is 0 Å². The smallest absolute Gasteiger partial charge is 0.307 e. The van der Waals surface area contributed by atoms with Gasteiger partial charge in [-0.15, -0.1) is 0 Å². The molecule has 1 heterocycles. The van der Waals surface area contributed by atoms with Gasteiger partial charge in [0.05, 0.1) is 32.9 Å². The Kier molecular flexibility index (Phi) is 6.69. The number of carbonyl (C=O) groups is 1. The van der Waals surface area contributed by atoms with Gasteiger partial charge in [-0.1, -0.05) is 13.3 Å². The van der Waals surface area contributed by atoms with Crippen LogP contribution in [0.5, 0.6) is 17.2 Å². The van der Waals surface area contributed by atoms with Gasteiger partial charge in [0.25, 0.3) is 0 Å². The Labute approximate surface area is 177 Å². The number of rotatable bonds is 9. The van der Waals surface area contributed by atoms with Crippen LogP contribution in [0.4, 0.5) is 0 Å². The van der Waals surface area contributed by atoms with Crippen LogP contribution in [0.3, 0.4) is 0 Å². The van der Waals surface area contributed by atoms with Gasteiger partial charge in [-0.3, -0.25) is 4.79 Å². The number of ether oxygens (including phenoxy) is 3. The van der Waals surface area contributed by atoms with Crippen molar-refractivity contribution in [2.75, 3.05) is 20.8 Å². The highest BCUT2D eigenvalue weighted by molar-refractivity contribution is 9.10. The Hall–Kier alpha value is -2.67. The molecule has 0 saturated heterocycles. The number of methoxy groups -OCH3 is 2. The molecule has 0 atom stereocenters. The Bertz CT molecular complexity index is 1030. The second kappa shape index (κ2) is 9.22. The van der Waals surface area contributed by atoms with Crippen LogP contribution in [0.15, 0.2) is 34.8 Å². The molecule has 0 bridgehead atoms. The molecular formula is C22H24BrNO5. The number of fused-ring (bicyclic) bond motifs is 1. The van der Waals surface area contributed by atoms with E-state index in [4.69, 9.17) is 14.2 Å². The topological polar surface area (TPSA) is 80.8 Å². The fourth-order valence-electron chi connectivity index (χ4n) is 3.26. The fourth-order valence-corrected chi connectivity index (χ4v) is 3.78. The van der Waals surface area contributed by atoms with Crippen molar-refractivity contribution >= 4 is 32.8 Å². The quantitative estimate of drug-likeness (QED) is 0.415. The maximum Gasteiger partial charge on any atom is 0.307 e. The summed E-state index contributed by atoms with van der Waals surface area (Å²) in [4.78, 5) is 15.0. The molecule has 3 aromatic rings. The molecule has 3 rings (SSSR count). The molecule has 0 unspecified atom stereocenters. The monoisotopic (exact) mass is 461 g/mol. The summed E-state index contributed by atoms with van der Waals surface area (Å²) >= 11 is 3.57. The lowest BCUT2D eigenvalue weighted by atomic mass is 10.0. The molecule has 154 valence electrons. The Morgan fingerprint density at radius 3 is 2.52 bits per heavy atom. The lowest BCUT2D eigenvalue weighted by Gasteiger charge is -2.12. The van der Waals surface area contributed by atoms with Gasteiger partial charge >= 0.3 is 5.97 Å². The number of benzene rings is 2. The molecule has 0 amide bonds. The first-order valence-corrected chi connectivity index (χ1v) is 10.2. The second-order valence-corrected chi connectivity index (χ2v) is 7.50. The zero-order valence-electron chi connectivity index (χ0n) is 16.7. The summed E-state index contributed by atoms with van der Waals surface area (Å²) in [5.41, 5.74) is 3.06. The summed E-state index contributed by atoms with van der Waals surface area (Å²) in [5, 5.41) is 10.3. The van der Waals surface area contributed by atoms with Crippen LogP contribution >= 0.6 is 15.9 Å². The Morgan fingerprint density at radius 1 is 1.14 bits per heavy atom. The second-order valence-electron chi connectivity index (χ2n) is 6.65. The van der Waals surface area contributed by atoms with Crippen molar-refractivity contribution in [3.05, 3.63) is 40.4 Å². The molecule has 0 spiro atoms. The standard InChI is InChI=1S/C22H24BrNO5/c1-4-5-8-29-13-6-7-18-14(9-13)15(11-21(25)26)22(24-18)16-10-19(27-2)20(28-3)12-17(16)23/h6-7,9-10,12,24H,4-5,8,11H2,1-3H3,(H,25,26). The molecule has 0 fully saturated rings. The number of hydrogen-bond donors (Lipinski definition) is 2. The third-order valence-corrected chi connectivity index (χ3v) is 5.37. The molecule has 6 nitrogen and oxygen atoms in total. The van der Waals surface area contributed by atoms with Crippen molar-refractivity contribution in [3.63, 3.8) is 0 Å². The molecule has 7 heteroatoms. The van der Waals surface area contributed by atoms with E-state index in [2.05, 4.69) is 27.8 Å². The van der Waals surface area contributed by atoms with E-state index in [1.807, 2.05) is 30.3 Å². The SMILES string of the molecule is CCCCOc1ccc2[nH]c(-c3cc(OC)c(OC)cc3Br)c(CC(=O)O)c2c1. The molecule has 0 aliphatic carbocycles. The van der Waals surface area contributed by atoms with Crippen molar-refractivity contribution < 1.29 is 24.1 Å². The Morgan fingerprint density at radius 2 is 1.86 bits per heavy atom. The molecule has 2 N–H and O–H groups in total. The van der Waals surface area contributed by atoms with Gasteiger partial charge in [0.1, 0.15) is 5.75 Å². The number of carboxylic acid groups (broad SMARTS) is 1. The largest absolute Gasteiger partial charge is 0.494 e. The van der Waals surface area contributed by atoms with E-state index < -0.39 is 5.97 Å². The normalized spacial score (nSPS) is 10.9. The minimum atomic E-state index is -0.902. The first-order chi connectivity index (χ1) is 14.0. The number of halogens is 1. The summed E-state index contributed by atoms with van der Waals surface area (Å²) in [6.45, 7) is 2.74. The predicted octanol–water partition coefficient (Wildman–Crippen LogP) is 5.42. The third kappa shape index (κ3) is 4.50. The number of aromatic nitrogens is 1. The van der Waals surface area contributed by atoms with Crippen molar-refractivity contribution in [2.45, 2.75) is 26.2 Å². The zero-order chi connectivity index (χ0) is 21.0. The van der Waals surface area contributed by atoms with Crippen LogP contribution in [0, 0.1) is 0 Å². The summed E-state index contributed by atoms with van der Waals surface area (Å²) in [6.07, 6.45) is 1.90. The maximum absolute atomic E-state index is 11.6. The van der Waals surface area contributed by atoms with E-state index in [9.17, 15) is 9.90 Å². The summed E-state index contributed by atoms with van der Waals surface area (Å²) in [7, 11) is 3.14. The number of aliphatic carboxylic acids is 1. The number of nitrogens with one attached hydrogen (secondary N) is 1. The molecule has 29 heavy (non-hydrogen) atoms. The number of hydrogen-bond acceptors (Lipinski definition) is 4. The first-order valence-electron chi connectivity index (χ1n) is 9.39. The highest BCUT2D eigenvalue weighted by atomic mass is 79.9. The summed E-state index contributed by atoms with van der Waals surface area (Å²) in [6, 6.07) is 9.35. The summed E-state index contributed by atoms with van der Waals surface area (Å²) < 4.78 is 17.4. The number of H-pyrrole nitrogens is 1. The van der Waals surface area contributed by atoms with E-state index in [1.165, 1.54) is 0 Å². The average Bonchev–Trinajstić information content (AvgIpc) is 3.05. The van der Waals surface area contributed by atoms with Crippen LogP contribution in [-0.4, -0.2) is 36.9 Å². The highest BCUT2D eigenvalue weighted by Gasteiger charge is 2.20. The number of unbranched alkanes of at least 4 members (excludes halogenated alkanes) is 1. The minimum absolute atomic E-state index is 0.117. The highest BCUT2D eigenvalue weighted by Crippen LogP contribution is 2.41. The van der Waals surface area contributed by atoms with E-state index in [1.54, 1.807) is 14.2 Å². The molecule has 0 aliphatic rings. The molecule has 2 aromatic carbocycles. The van der Waals surface area contributed by atoms with Crippen LogP contribution in [-0.2, 0) is 11.2 Å². The van der Waals surface area contributed by atoms with Crippen LogP contribution in [0.25, 0.3) is 22.2 Å². The first kappa shape index (κ1) is 21.0. The minimum Gasteiger partial charge on any atom is -0.494 e. The van der Waals surface area contributed by atoms with Gasteiger partial charge in [0, 0.05) is 20.9 Å². The van der Waals surface area contributed by atoms with Crippen molar-refractivity contribution in [1.29, 1.82) is 0 Å². The van der Waals surface area contributed by atoms with Gasteiger partial charge in [-0.2, -0.15) is 0 Å². The summed E-state index contributed by atoms with van der Waals surface area (Å²) in [5.74, 6) is 0.982. The maximum atomic E-state index is 11.6. The molecule has 0 aliphatic heterocycles. The van der Waals surface area contributed by atoms with Gasteiger partial charge < -0.3 is 24.3 Å². The molecule has 1 aromatic heterocycles. The van der Waals surface area contributed by atoms with Crippen molar-refractivity contribution in [3.8, 4) is 28.5 Å². The van der Waals surface area contributed by atoms with E-state index in [-0.39, 0.29) is 6.42 Å². The van der Waals surface area contributed by atoms with E-state index in [0.717, 1.165) is 45.2 Å². The van der Waals surface area contributed by atoms with Gasteiger partial charge in [0.15, 0.2) is 11.5 Å². The molecular weight excluding hydrogens is 438 g/mol. The number of aromatic amines is 1. The fraction of sp³-hybridized carbons (Fsp3) is 0.318. The molecule has 0 radical (unpaired) electrons. The van der Waals surface area contributed by atoms with Crippen LogP contribution in [0.1, 0.15) is 25.3 Å². The predicted molar refractivity (Wildman–Crippen MR) is 116 cm³/mol. The van der Waals surface area contributed by atoms with E-state index in [0.29, 0.717) is 23.7 Å². The van der Waals surface area contributed by atoms with E-state index >= 15 is 0 Å². The Balaban J connectivity index is 2.15. The zero-order valence-corrected chi connectivity index (χ0v) is 18.3. The number of carboxylic acids is 1. The lowest BCUT2D eigenvalue weighted by molar-refractivity contribution is -0.136. The third-order valence-electron chi connectivity index (χ3n) is 4.71. The van der Waals surface area contributed by atoms with Gasteiger partial charge in [-0.05, 0) is 58.2 Å². The van der Waals surface area contributed by atoms with Gasteiger partial charge in [-0.25, -0.2) is 0 Å². The average molecular weight is 462 g/mol.